The summed E-state index contributed by atoms with van der Waals surface area (Å²) in [5.74, 6) is -3.44. The normalized spacial score (nSPS) is 10.5. The molecule has 0 bridgehead atoms. The minimum Gasteiger partial charge on any atom is -0.366 e. The van der Waals surface area contributed by atoms with Crippen LogP contribution in [-0.2, 0) is 11.2 Å². The number of carbonyl (C=O) groups excluding carboxylic acids is 2. The molecule has 0 spiro atoms. The first-order valence-electron chi connectivity index (χ1n) is 7.70. The van der Waals surface area contributed by atoms with E-state index in [-0.39, 0.29) is 12.1 Å². The van der Waals surface area contributed by atoms with Crippen LogP contribution in [-0.4, -0.2) is 11.8 Å². The van der Waals surface area contributed by atoms with Crippen molar-refractivity contribution in [2.45, 2.75) is 25.7 Å². The molecular weight excluding hydrogens is 394 g/mol. The highest BCUT2D eigenvalue weighted by atomic mass is 79.9. The van der Waals surface area contributed by atoms with Crippen LogP contribution in [0.15, 0.2) is 40.9 Å². The molecule has 0 fully saturated rings. The molecule has 0 saturated heterocycles. The summed E-state index contributed by atoms with van der Waals surface area (Å²) >= 11 is 3.37. The third kappa shape index (κ3) is 5.63. The molecule has 2 rings (SSSR count). The van der Waals surface area contributed by atoms with Gasteiger partial charge in [-0.3, -0.25) is 9.59 Å². The second-order valence-electron chi connectivity index (χ2n) is 5.56. The van der Waals surface area contributed by atoms with Crippen LogP contribution >= 0.6 is 15.9 Å². The van der Waals surface area contributed by atoms with Crippen LogP contribution in [0.1, 0.15) is 35.2 Å². The predicted molar refractivity (Wildman–Crippen MR) is 95.2 cm³/mol. The predicted octanol–water partition coefficient (Wildman–Crippen LogP) is 4.18. The number of nitrogens with one attached hydrogen (secondary N) is 1. The van der Waals surface area contributed by atoms with Gasteiger partial charge in [-0.1, -0.05) is 28.1 Å². The third-order valence-corrected chi connectivity index (χ3v) is 4.16. The molecule has 0 aliphatic carbocycles. The number of halogens is 3. The Labute approximate surface area is 152 Å². The lowest BCUT2D eigenvalue weighted by Crippen LogP contribution is -2.17. The third-order valence-electron chi connectivity index (χ3n) is 3.63. The number of hydrogen-bond donors (Lipinski definition) is 2. The number of benzene rings is 2. The molecular formula is C18H17BrF2N2O2. The molecule has 0 radical (unpaired) electrons. The van der Waals surface area contributed by atoms with Crippen LogP contribution in [0.4, 0.5) is 14.5 Å². The standard InChI is InChI=1S/C18H17BrF2N2O2/c19-12-7-5-11(6-8-12)3-1-2-4-17(24)23-16-9-13(18(22)25)14(20)10-15(16)21/h5-10H,1-4H2,(H2,22,25)(H,23,24). The second kappa shape index (κ2) is 8.71. The van der Waals surface area contributed by atoms with Gasteiger partial charge in [-0.25, -0.2) is 8.78 Å². The van der Waals surface area contributed by atoms with Crippen molar-refractivity contribution in [2.75, 3.05) is 5.32 Å². The van der Waals surface area contributed by atoms with Crippen LogP contribution in [0.25, 0.3) is 0 Å². The highest BCUT2D eigenvalue weighted by Gasteiger charge is 2.15. The summed E-state index contributed by atoms with van der Waals surface area (Å²) < 4.78 is 28.1. The Bertz CT molecular complexity index is 779. The quantitative estimate of drug-likeness (QED) is 0.672. The van der Waals surface area contributed by atoms with E-state index in [0.717, 1.165) is 23.4 Å². The minimum absolute atomic E-state index is 0.194. The van der Waals surface area contributed by atoms with Gasteiger partial charge in [-0.2, -0.15) is 0 Å². The van der Waals surface area contributed by atoms with Gasteiger partial charge in [0, 0.05) is 17.0 Å². The van der Waals surface area contributed by atoms with Crippen LogP contribution in [0, 0.1) is 11.6 Å². The Balaban J connectivity index is 1.85. The summed E-state index contributed by atoms with van der Waals surface area (Å²) in [5.41, 5.74) is 5.45. The van der Waals surface area contributed by atoms with Crippen LogP contribution in [0.2, 0.25) is 0 Å². The fourth-order valence-corrected chi connectivity index (χ4v) is 2.58. The Hall–Kier alpha value is -2.28. The maximum absolute atomic E-state index is 13.7. The first-order chi connectivity index (χ1) is 11.9. The van der Waals surface area contributed by atoms with Crippen molar-refractivity contribution in [2.24, 2.45) is 5.73 Å². The number of anilines is 1. The Kier molecular flexibility index (Phi) is 6.64. The lowest BCUT2D eigenvalue weighted by Gasteiger charge is -2.08. The zero-order chi connectivity index (χ0) is 18.4. The first-order valence-corrected chi connectivity index (χ1v) is 8.49. The summed E-state index contributed by atoms with van der Waals surface area (Å²) in [4.78, 5) is 23.0. The topological polar surface area (TPSA) is 72.2 Å². The molecule has 132 valence electrons. The molecule has 0 unspecified atom stereocenters. The second-order valence-corrected chi connectivity index (χ2v) is 6.47. The van der Waals surface area contributed by atoms with Gasteiger partial charge in [0.05, 0.1) is 11.3 Å². The molecule has 4 nitrogen and oxygen atoms in total. The average Bonchev–Trinajstić information content (AvgIpc) is 2.55. The molecule has 0 aromatic heterocycles. The smallest absolute Gasteiger partial charge is 0.251 e. The van der Waals surface area contributed by atoms with Crippen molar-refractivity contribution in [3.8, 4) is 0 Å². The van der Waals surface area contributed by atoms with Gasteiger partial charge in [0.2, 0.25) is 5.91 Å². The SMILES string of the molecule is NC(=O)c1cc(NC(=O)CCCCc2ccc(Br)cc2)c(F)cc1F. The number of amides is 2. The van der Waals surface area contributed by atoms with Crippen molar-refractivity contribution >= 4 is 33.4 Å². The molecule has 0 aliphatic heterocycles. The van der Waals surface area contributed by atoms with E-state index in [2.05, 4.69) is 21.2 Å². The molecule has 2 aromatic rings. The van der Waals surface area contributed by atoms with E-state index < -0.39 is 29.0 Å². The van der Waals surface area contributed by atoms with Crippen LogP contribution in [0.5, 0.6) is 0 Å². The number of nitrogens with two attached hydrogens (primary N) is 1. The van der Waals surface area contributed by atoms with Crippen molar-refractivity contribution < 1.29 is 18.4 Å². The van der Waals surface area contributed by atoms with Gasteiger partial charge in [0.15, 0.2) is 0 Å². The number of aryl methyl sites for hydroxylation is 1. The molecule has 25 heavy (non-hydrogen) atoms. The van der Waals surface area contributed by atoms with Gasteiger partial charge in [0.25, 0.3) is 5.91 Å². The van der Waals surface area contributed by atoms with Crippen LogP contribution < -0.4 is 11.1 Å². The van der Waals surface area contributed by atoms with Crippen molar-refractivity contribution in [3.05, 3.63) is 63.6 Å². The van der Waals surface area contributed by atoms with Gasteiger partial charge >= 0.3 is 0 Å². The van der Waals surface area contributed by atoms with Crippen LogP contribution in [0.3, 0.4) is 0 Å². The van der Waals surface area contributed by atoms with E-state index in [1.807, 2.05) is 24.3 Å². The molecule has 0 saturated carbocycles. The molecule has 0 aliphatic rings. The molecule has 0 atom stereocenters. The molecule has 0 heterocycles. The summed E-state index contributed by atoms with van der Waals surface area (Å²) in [7, 11) is 0. The molecule has 2 aromatic carbocycles. The van der Waals surface area contributed by atoms with Crippen molar-refractivity contribution in [3.63, 3.8) is 0 Å². The van der Waals surface area contributed by atoms with E-state index >= 15 is 0 Å². The Morgan fingerprint density at radius 3 is 2.36 bits per heavy atom. The highest BCUT2D eigenvalue weighted by Crippen LogP contribution is 2.20. The molecule has 3 N–H and O–H groups in total. The van der Waals surface area contributed by atoms with Gasteiger partial charge < -0.3 is 11.1 Å². The monoisotopic (exact) mass is 410 g/mol. The summed E-state index contributed by atoms with van der Waals surface area (Å²) in [6.07, 6.45) is 2.44. The van der Waals surface area contributed by atoms with E-state index in [4.69, 9.17) is 5.73 Å². The summed E-state index contributed by atoms with van der Waals surface area (Å²) in [5, 5.41) is 2.34. The van der Waals surface area contributed by atoms with Crippen molar-refractivity contribution in [1.29, 1.82) is 0 Å². The average molecular weight is 411 g/mol. The molecule has 2 amide bonds. The lowest BCUT2D eigenvalue weighted by atomic mass is 10.1. The van der Waals surface area contributed by atoms with E-state index in [9.17, 15) is 18.4 Å². The van der Waals surface area contributed by atoms with Gasteiger partial charge in [0.1, 0.15) is 11.6 Å². The highest BCUT2D eigenvalue weighted by molar-refractivity contribution is 9.10. The van der Waals surface area contributed by atoms with E-state index in [1.165, 1.54) is 5.56 Å². The number of hydrogen-bond acceptors (Lipinski definition) is 2. The van der Waals surface area contributed by atoms with Crippen molar-refractivity contribution in [1.82, 2.24) is 0 Å². The summed E-state index contributed by atoms with van der Waals surface area (Å²) in [6, 6.07) is 9.36. The number of rotatable bonds is 7. The number of unbranched alkanes of at least 4 members (excludes halogenated alkanes) is 1. The Morgan fingerprint density at radius 1 is 1.04 bits per heavy atom. The fraction of sp³-hybridized carbons (Fsp3) is 0.222. The van der Waals surface area contributed by atoms with E-state index in [0.29, 0.717) is 12.5 Å². The van der Waals surface area contributed by atoms with Gasteiger partial charge in [-0.15, -0.1) is 0 Å². The Morgan fingerprint density at radius 2 is 1.72 bits per heavy atom. The summed E-state index contributed by atoms with van der Waals surface area (Å²) in [6.45, 7) is 0. The number of carbonyl (C=O) groups is 2. The number of primary amides is 1. The van der Waals surface area contributed by atoms with Gasteiger partial charge in [-0.05, 0) is 43.0 Å². The lowest BCUT2D eigenvalue weighted by molar-refractivity contribution is -0.116. The minimum atomic E-state index is -1.06. The maximum Gasteiger partial charge on any atom is 0.251 e. The van der Waals surface area contributed by atoms with E-state index in [1.54, 1.807) is 0 Å². The zero-order valence-electron chi connectivity index (χ0n) is 13.3. The maximum atomic E-state index is 13.7. The zero-order valence-corrected chi connectivity index (χ0v) is 14.9. The first kappa shape index (κ1) is 19.1. The molecule has 7 heteroatoms. The fourth-order valence-electron chi connectivity index (χ4n) is 2.31. The largest absolute Gasteiger partial charge is 0.366 e.